The van der Waals surface area contributed by atoms with Gasteiger partial charge in [-0.1, -0.05) is 12.2 Å². The number of halogens is 3. The number of hydrogen-bond donors (Lipinski definition) is 0. The van der Waals surface area contributed by atoms with E-state index >= 15 is 0 Å². The van der Waals surface area contributed by atoms with E-state index in [0.29, 0.717) is 13.1 Å². The average molecular weight is 443 g/mol. The third-order valence-electron chi connectivity index (χ3n) is 4.25. The SMILES string of the molecule is C[n+]1ccn(S(=O)(=O)N2CC=C(C3=CCCC3)CC2)c1.O=S(=O)([O-])C(F)(F)F. The minimum atomic E-state index is -6.09. The molecule has 2 heterocycles. The average Bonchev–Trinajstić information content (AvgIpc) is 3.25. The van der Waals surface area contributed by atoms with Crippen LogP contribution in [0, 0.1) is 0 Å². The Morgan fingerprint density at radius 3 is 2.11 bits per heavy atom. The fraction of sp³-hybridized carbons (Fsp3) is 0.533. The van der Waals surface area contributed by atoms with Crippen molar-refractivity contribution in [3.05, 3.63) is 42.0 Å². The molecule has 0 spiro atoms. The number of hydrogen-bond acceptors (Lipinski definition) is 5. The van der Waals surface area contributed by atoms with Crippen LogP contribution in [0.4, 0.5) is 13.2 Å². The van der Waals surface area contributed by atoms with Crippen LogP contribution in [0.5, 0.6) is 0 Å². The predicted octanol–water partition coefficient (Wildman–Crippen LogP) is 1.20. The molecule has 0 atom stereocenters. The second-order valence-electron chi connectivity index (χ2n) is 6.28. The van der Waals surface area contributed by atoms with Gasteiger partial charge < -0.3 is 4.55 Å². The second-order valence-corrected chi connectivity index (χ2v) is 9.48. The summed E-state index contributed by atoms with van der Waals surface area (Å²) in [6.45, 7) is 1.03. The number of imidazole rings is 1. The van der Waals surface area contributed by atoms with Crippen LogP contribution in [0.2, 0.25) is 0 Å². The summed E-state index contributed by atoms with van der Waals surface area (Å²) in [6.07, 6.45) is 13.6. The highest BCUT2D eigenvalue weighted by Gasteiger charge is 2.37. The van der Waals surface area contributed by atoms with E-state index in [2.05, 4.69) is 12.2 Å². The van der Waals surface area contributed by atoms with Crippen molar-refractivity contribution in [1.29, 1.82) is 0 Å². The molecule has 0 radical (unpaired) electrons. The second kappa shape index (κ2) is 8.35. The zero-order valence-electron chi connectivity index (χ0n) is 15.0. The first-order valence-electron chi connectivity index (χ1n) is 8.27. The molecule has 1 aromatic rings. The maximum Gasteiger partial charge on any atom is 0.485 e. The Kier molecular flexibility index (Phi) is 6.74. The number of aryl methyl sites for hydroxylation is 1. The quantitative estimate of drug-likeness (QED) is 0.397. The number of rotatable bonds is 3. The Hall–Kier alpha value is -1.70. The van der Waals surface area contributed by atoms with Crippen LogP contribution < -0.4 is 4.57 Å². The minimum Gasteiger partial charge on any atom is -0.741 e. The van der Waals surface area contributed by atoms with Gasteiger partial charge in [0.05, 0.1) is 7.05 Å². The van der Waals surface area contributed by atoms with Crippen LogP contribution in [0.15, 0.2) is 42.0 Å². The van der Waals surface area contributed by atoms with Gasteiger partial charge in [0.25, 0.3) is 6.33 Å². The van der Waals surface area contributed by atoms with Crippen LogP contribution >= 0.6 is 0 Å². The number of aromatic nitrogens is 2. The maximum absolute atomic E-state index is 12.5. The van der Waals surface area contributed by atoms with Gasteiger partial charge in [0.15, 0.2) is 10.1 Å². The van der Waals surface area contributed by atoms with E-state index in [1.807, 2.05) is 7.05 Å². The molecule has 0 fully saturated rings. The van der Waals surface area contributed by atoms with Crippen LogP contribution in [-0.4, -0.2) is 48.3 Å². The number of nitrogens with zero attached hydrogens (tertiary/aromatic N) is 3. The van der Waals surface area contributed by atoms with E-state index in [-0.39, 0.29) is 0 Å². The van der Waals surface area contributed by atoms with Gasteiger partial charge in [-0.3, -0.25) is 0 Å². The van der Waals surface area contributed by atoms with Crippen molar-refractivity contribution in [3.8, 4) is 0 Å². The van der Waals surface area contributed by atoms with Gasteiger partial charge in [0.1, 0.15) is 12.4 Å². The molecule has 0 saturated carbocycles. The predicted molar refractivity (Wildman–Crippen MR) is 91.9 cm³/mol. The molecule has 28 heavy (non-hydrogen) atoms. The normalized spacial score (nSPS) is 18.9. The molecule has 0 unspecified atom stereocenters. The van der Waals surface area contributed by atoms with Gasteiger partial charge in [-0.05, 0) is 36.8 Å². The summed E-state index contributed by atoms with van der Waals surface area (Å²) in [5.74, 6) is 0. The van der Waals surface area contributed by atoms with E-state index in [9.17, 15) is 21.6 Å². The summed E-state index contributed by atoms with van der Waals surface area (Å²) in [6, 6.07) is 0. The zero-order chi connectivity index (χ0) is 21.2. The summed E-state index contributed by atoms with van der Waals surface area (Å²) in [4.78, 5) is 0. The standard InChI is InChI=1S/C14H20N3O2S.CHF3O3S/c1-15-10-11-17(12-15)20(18,19)16-8-6-14(7-9-16)13-4-2-3-5-13;2-1(3,4)8(5,6)7/h4,6,10-12H,2-3,5,7-9H2,1H3;(H,5,6,7)/q+1;/p-1. The van der Waals surface area contributed by atoms with Gasteiger partial charge >= 0.3 is 15.7 Å². The molecular weight excluding hydrogens is 423 g/mol. The lowest BCUT2D eigenvalue weighted by molar-refractivity contribution is -0.670. The van der Waals surface area contributed by atoms with E-state index < -0.39 is 25.8 Å². The van der Waals surface area contributed by atoms with Gasteiger partial charge in [-0.15, -0.1) is 3.97 Å². The molecule has 2 aliphatic rings. The third kappa shape index (κ3) is 5.43. The summed E-state index contributed by atoms with van der Waals surface area (Å²) in [7, 11) is -7.70. The molecule has 1 aliphatic heterocycles. The summed E-state index contributed by atoms with van der Waals surface area (Å²) in [5, 5.41) is 0. The highest BCUT2D eigenvalue weighted by atomic mass is 32.2. The smallest absolute Gasteiger partial charge is 0.485 e. The van der Waals surface area contributed by atoms with Crippen LogP contribution in [0.25, 0.3) is 0 Å². The van der Waals surface area contributed by atoms with E-state index in [1.165, 1.54) is 25.8 Å². The zero-order valence-corrected chi connectivity index (χ0v) is 16.6. The molecule has 0 bridgehead atoms. The van der Waals surface area contributed by atoms with Gasteiger partial charge in [-0.25, -0.2) is 13.0 Å². The molecule has 158 valence electrons. The summed E-state index contributed by atoms with van der Waals surface area (Å²) >= 11 is 0. The largest absolute Gasteiger partial charge is 0.741 e. The lowest BCUT2D eigenvalue weighted by Crippen LogP contribution is -2.39. The minimum absolute atomic E-state index is 0.469. The van der Waals surface area contributed by atoms with Gasteiger partial charge in [0, 0.05) is 13.1 Å². The van der Waals surface area contributed by atoms with Gasteiger partial charge in [0.2, 0.25) is 0 Å². The van der Waals surface area contributed by atoms with Crippen molar-refractivity contribution in [2.75, 3.05) is 13.1 Å². The van der Waals surface area contributed by atoms with Crippen molar-refractivity contribution in [2.45, 2.75) is 31.2 Å². The van der Waals surface area contributed by atoms with E-state index in [4.69, 9.17) is 13.0 Å². The molecule has 13 heteroatoms. The first-order chi connectivity index (χ1) is 12.8. The first-order valence-corrected chi connectivity index (χ1v) is 11.1. The molecule has 8 nitrogen and oxygen atoms in total. The van der Waals surface area contributed by atoms with Crippen LogP contribution in [0.1, 0.15) is 25.7 Å². The Labute approximate surface area is 161 Å². The molecule has 0 saturated heterocycles. The van der Waals surface area contributed by atoms with Crippen molar-refractivity contribution in [2.24, 2.45) is 7.05 Å². The Bertz CT molecular complexity index is 979. The summed E-state index contributed by atoms with van der Waals surface area (Å²) < 4.78 is 88.4. The third-order valence-corrected chi connectivity index (χ3v) is 6.55. The van der Waals surface area contributed by atoms with Crippen LogP contribution in [-0.2, 0) is 27.4 Å². The molecule has 0 amide bonds. The van der Waals surface area contributed by atoms with Crippen molar-refractivity contribution < 1.29 is 39.1 Å². The number of allylic oxidation sites excluding steroid dienone is 2. The van der Waals surface area contributed by atoms with Gasteiger partial charge in [-0.2, -0.15) is 25.9 Å². The molecule has 0 aromatic carbocycles. The van der Waals surface area contributed by atoms with Crippen LogP contribution in [0.3, 0.4) is 0 Å². The topological polar surface area (TPSA) is 103 Å². The maximum atomic E-state index is 12.5. The highest BCUT2D eigenvalue weighted by molar-refractivity contribution is 7.87. The highest BCUT2D eigenvalue weighted by Crippen LogP contribution is 2.29. The van der Waals surface area contributed by atoms with E-state index in [0.717, 1.165) is 19.3 Å². The lowest BCUT2D eigenvalue weighted by atomic mass is 10.00. The molecule has 3 rings (SSSR count). The molecule has 0 N–H and O–H groups in total. The van der Waals surface area contributed by atoms with Crippen molar-refractivity contribution in [3.63, 3.8) is 0 Å². The first kappa shape index (κ1) is 22.6. The molecule has 1 aliphatic carbocycles. The summed E-state index contributed by atoms with van der Waals surface area (Å²) in [5.41, 5.74) is -2.88. The fourth-order valence-electron chi connectivity index (χ4n) is 2.81. The van der Waals surface area contributed by atoms with Crippen molar-refractivity contribution >= 4 is 20.3 Å². The molecule has 1 aromatic heterocycles. The van der Waals surface area contributed by atoms with Crippen molar-refractivity contribution in [1.82, 2.24) is 8.28 Å². The van der Waals surface area contributed by atoms with E-state index in [1.54, 1.807) is 23.3 Å². The Balaban J connectivity index is 0.000000300. The fourth-order valence-corrected chi connectivity index (χ4v) is 4.14. The molecular formula is C15H20F3N3O5S2. The lowest BCUT2D eigenvalue weighted by Gasteiger charge is -2.24. The Morgan fingerprint density at radius 2 is 1.71 bits per heavy atom. The monoisotopic (exact) mass is 443 g/mol. The Morgan fingerprint density at radius 1 is 1.11 bits per heavy atom. The number of alkyl halides is 3.